The van der Waals surface area contributed by atoms with Crippen molar-refractivity contribution in [1.82, 2.24) is 4.72 Å². The summed E-state index contributed by atoms with van der Waals surface area (Å²) in [5, 5.41) is 0. The summed E-state index contributed by atoms with van der Waals surface area (Å²) < 4.78 is 26.8. The van der Waals surface area contributed by atoms with Crippen LogP contribution >= 0.6 is 11.8 Å². The highest BCUT2D eigenvalue weighted by molar-refractivity contribution is 7.99. The number of rotatable bonds is 7. The molecule has 3 aromatic carbocycles. The maximum atomic E-state index is 12.6. The van der Waals surface area contributed by atoms with E-state index in [1.165, 1.54) is 11.8 Å². The fourth-order valence-corrected chi connectivity index (χ4v) is 4.47. The molecule has 0 bridgehead atoms. The molecule has 0 heterocycles. The third kappa shape index (κ3) is 5.70. The molecule has 0 aliphatic heterocycles. The summed E-state index contributed by atoms with van der Waals surface area (Å²) in [4.78, 5) is 14.3. The average molecular weight is 398 g/mol. The average Bonchev–Trinajstić information content (AvgIpc) is 2.68. The fourth-order valence-electron chi connectivity index (χ4n) is 2.50. The first-order valence-electron chi connectivity index (χ1n) is 8.44. The van der Waals surface area contributed by atoms with Gasteiger partial charge in [-0.05, 0) is 36.2 Å². The molecule has 0 aromatic heterocycles. The first-order chi connectivity index (χ1) is 13.0. The second-order valence-electron chi connectivity index (χ2n) is 5.90. The predicted molar refractivity (Wildman–Crippen MR) is 108 cm³/mol. The maximum absolute atomic E-state index is 12.6. The number of hydrogen-bond acceptors (Lipinski definition) is 4. The van der Waals surface area contributed by atoms with Gasteiger partial charge in [0.2, 0.25) is 10.0 Å². The van der Waals surface area contributed by atoms with E-state index in [1.807, 2.05) is 72.8 Å². The molecule has 27 heavy (non-hydrogen) atoms. The van der Waals surface area contributed by atoms with Gasteiger partial charge in [0.1, 0.15) is 0 Å². The van der Waals surface area contributed by atoms with Crippen LogP contribution in [0.5, 0.6) is 0 Å². The lowest BCUT2D eigenvalue weighted by Crippen LogP contribution is -2.33. The van der Waals surface area contributed by atoms with Crippen molar-refractivity contribution in [3.05, 3.63) is 96.1 Å². The Labute approximate surface area is 163 Å². The Balaban J connectivity index is 1.70. The monoisotopic (exact) mass is 397 g/mol. The lowest BCUT2D eigenvalue weighted by Gasteiger charge is -2.10. The zero-order valence-corrected chi connectivity index (χ0v) is 16.2. The van der Waals surface area contributed by atoms with E-state index in [9.17, 15) is 13.2 Å². The number of aryl methyl sites for hydroxylation is 1. The standard InChI is InChI=1S/C21H19NO3S2/c23-21(22-27(24,25)16-15-17-9-3-1-4-10-17)19-13-7-8-14-20(19)26-18-11-5-2-6-12-18/h1-14H,15-16H2,(H,22,23). The van der Waals surface area contributed by atoms with Crippen LogP contribution in [0.15, 0.2) is 94.7 Å². The normalized spacial score (nSPS) is 11.1. The molecule has 6 heteroatoms. The predicted octanol–water partition coefficient (Wildman–Crippen LogP) is 4.14. The number of carbonyl (C=O) groups is 1. The first kappa shape index (κ1) is 19.2. The van der Waals surface area contributed by atoms with Crippen molar-refractivity contribution < 1.29 is 13.2 Å². The van der Waals surface area contributed by atoms with Crippen LogP contribution in [0, 0.1) is 0 Å². The van der Waals surface area contributed by atoms with Gasteiger partial charge in [0.25, 0.3) is 5.91 Å². The summed E-state index contributed by atoms with van der Waals surface area (Å²) >= 11 is 1.42. The minimum absolute atomic E-state index is 0.142. The van der Waals surface area contributed by atoms with Crippen LogP contribution in [-0.4, -0.2) is 20.1 Å². The molecule has 1 amide bonds. The Hall–Kier alpha value is -2.57. The fraction of sp³-hybridized carbons (Fsp3) is 0.0952. The van der Waals surface area contributed by atoms with Gasteiger partial charge in [-0.15, -0.1) is 0 Å². The third-order valence-electron chi connectivity index (χ3n) is 3.85. The molecule has 0 radical (unpaired) electrons. The van der Waals surface area contributed by atoms with Gasteiger partial charge in [0, 0.05) is 9.79 Å². The topological polar surface area (TPSA) is 63.2 Å². The second-order valence-corrected chi connectivity index (χ2v) is 8.85. The van der Waals surface area contributed by atoms with Crippen LogP contribution in [0.2, 0.25) is 0 Å². The summed E-state index contributed by atoms with van der Waals surface area (Å²) in [7, 11) is -3.73. The van der Waals surface area contributed by atoms with E-state index in [2.05, 4.69) is 4.72 Å². The zero-order chi connectivity index (χ0) is 19.1. The zero-order valence-electron chi connectivity index (χ0n) is 14.5. The SMILES string of the molecule is O=C(NS(=O)(=O)CCc1ccccc1)c1ccccc1Sc1ccccc1. The molecular weight excluding hydrogens is 378 g/mol. The van der Waals surface area contributed by atoms with E-state index in [-0.39, 0.29) is 5.75 Å². The maximum Gasteiger partial charge on any atom is 0.265 e. The highest BCUT2D eigenvalue weighted by Gasteiger charge is 2.19. The molecule has 0 fully saturated rings. The summed E-state index contributed by atoms with van der Waals surface area (Å²) in [6, 6.07) is 25.9. The van der Waals surface area contributed by atoms with Crippen LogP contribution in [0.3, 0.4) is 0 Å². The van der Waals surface area contributed by atoms with Crippen molar-refractivity contribution in [2.45, 2.75) is 16.2 Å². The molecule has 0 saturated heterocycles. The van der Waals surface area contributed by atoms with Crippen molar-refractivity contribution in [1.29, 1.82) is 0 Å². The molecule has 138 valence electrons. The van der Waals surface area contributed by atoms with Crippen LogP contribution in [-0.2, 0) is 16.4 Å². The van der Waals surface area contributed by atoms with Crippen molar-refractivity contribution in [2.24, 2.45) is 0 Å². The third-order valence-corrected chi connectivity index (χ3v) is 6.17. The Bertz CT molecular complexity index is 1000. The lowest BCUT2D eigenvalue weighted by atomic mass is 10.2. The van der Waals surface area contributed by atoms with E-state index >= 15 is 0 Å². The molecule has 0 spiro atoms. The van der Waals surface area contributed by atoms with E-state index in [1.54, 1.807) is 12.1 Å². The van der Waals surface area contributed by atoms with Crippen molar-refractivity contribution in [2.75, 3.05) is 5.75 Å². The quantitative estimate of drug-likeness (QED) is 0.651. The van der Waals surface area contributed by atoms with Gasteiger partial charge in [-0.2, -0.15) is 0 Å². The lowest BCUT2D eigenvalue weighted by molar-refractivity contribution is 0.0978. The molecule has 0 aliphatic rings. The Morgan fingerprint density at radius 2 is 1.41 bits per heavy atom. The molecule has 3 aromatic rings. The van der Waals surface area contributed by atoms with Crippen molar-refractivity contribution in [3.8, 4) is 0 Å². The van der Waals surface area contributed by atoms with Gasteiger partial charge in [-0.25, -0.2) is 13.1 Å². The molecule has 0 atom stereocenters. The number of sulfonamides is 1. The molecule has 3 rings (SSSR count). The van der Waals surface area contributed by atoms with E-state index in [0.29, 0.717) is 16.9 Å². The van der Waals surface area contributed by atoms with Gasteiger partial charge < -0.3 is 0 Å². The highest BCUT2D eigenvalue weighted by Crippen LogP contribution is 2.30. The van der Waals surface area contributed by atoms with Gasteiger partial charge >= 0.3 is 0 Å². The highest BCUT2D eigenvalue weighted by atomic mass is 32.2. The summed E-state index contributed by atoms with van der Waals surface area (Å²) in [6.45, 7) is 0. The van der Waals surface area contributed by atoms with Crippen LogP contribution in [0.1, 0.15) is 15.9 Å². The summed E-state index contributed by atoms with van der Waals surface area (Å²) in [5.41, 5.74) is 1.25. The van der Waals surface area contributed by atoms with Crippen molar-refractivity contribution in [3.63, 3.8) is 0 Å². The molecule has 0 unspecified atom stereocenters. The number of amides is 1. The number of nitrogens with one attached hydrogen (secondary N) is 1. The van der Waals surface area contributed by atoms with Crippen LogP contribution in [0.4, 0.5) is 0 Å². The molecule has 0 aliphatic carbocycles. The van der Waals surface area contributed by atoms with Gasteiger partial charge in [0.05, 0.1) is 11.3 Å². The Morgan fingerprint density at radius 3 is 2.11 bits per heavy atom. The molecular formula is C21H19NO3S2. The van der Waals surface area contributed by atoms with E-state index in [4.69, 9.17) is 0 Å². The Morgan fingerprint density at radius 1 is 0.815 bits per heavy atom. The van der Waals surface area contributed by atoms with Crippen molar-refractivity contribution >= 4 is 27.7 Å². The van der Waals surface area contributed by atoms with Gasteiger partial charge in [0.15, 0.2) is 0 Å². The molecule has 0 saturated carbocycles. The summed E-state index contributed by atoms with van der Waals surface area (Å²) in [5.74, 6) is -0.751. The smallest absolute Gasteiger partial charge is 0.265 e. The first-order valence-corrected chi connectivity index (χ1v) is 10.9. The number of benzene rings is 3. The van der Waals surface area contributed by atoms with Gasteiger partial charge in [-0.3, -0.25) is 4.79 Å². The second kappa shape index (κ2) is 8.88. The van der Waals surface area contributed by atoms with Crippen LogP contribution in [0.25, 0.3) is 0 Å². The largest absolute Gasteiger partial charge is 0.268 e. The van der Waals surface area contributed by atoms with E-state index < -0.39 is 15.9 Å². The number of hydrogen-bond donors (Lipinski definition) is 1. The molecule has 1 N–H and O–H groups in total. The number of carbonyl (C=O) groups excluding carboxylic acids is 1. The molecule has 4 nitrogen and oxygen atoms in total. The van der Waals surface area contributed by atoms with Gasteiger partial charge in [-0.1, -0.05) is 72.4 Å². The van der Waals surface area contributed by atoms with Crippen LogP contribution < -0.4 is 4.72 Å². The van der Waals surface area contributed by atoms with E-state index in [0.717, 1.165) is 10.5 Å². The summed E-state index contributed by atoms with van der Waals surface area (Å²) in [6.07, 6.45) is 0.351. The minimum Gasteiger partial charge on any atom is -0.268 e. The Kier molecular flexibility index (Phi) is 6.32. The minimum atomic E-state index is -3.73.